The van der Waals surface area contributed by atoms with Crippen molar-refractivity contribution in [2.45, 2.75) is 39.4 Å². The summed E-state index contributed by atoms with van der Waals surface area (Å²) in [5.74, 6) is 1.18. The van der Waals surface area contributed by atoms with Gasteiger partial charge in [0.15, 0.2) is 0 Å². The Balaban J connectivity index is 0.00000144. The Morgan fingerprint density at radius 2 is 2.17 bits per heavy atom. The molecule has 6 heteroatoms. The fraction of sp³-hybridized carbons (Fsp3) is 0.750. The van der Waals surface area contributed by atoms with E-state index in [2.05, 4.69) is 46.7 Å². The zero-order chi connectivity index (χ0) is 11.5. The third-order valence-electron chi connectivity index (χ3n) is 3.29. The lowest BCUT2D eigenvalue weighted by Gasteiger charge is -2.33. The van der Waals surface area contributed by atoms with Crippen molar-refractivity contribution in [3.63, 3.8) is 0 Å². The third kappa shape index (κ3) is 4.12. The van der Waals surface area contributed by atoms with Crippen molar-refractivity contribution in [1.82, 2.24) is 19.8 Å². The van der Waals surface area contributed by atoms with Gasteiger partial charge in [-0.1, -0.05) is 0 Å². The van der Waals surface area contributed by atoms with Crippen LogP contribution in [-0.2, 0) is 6.54 Å². The summed E-state index contributed by atoms with van der Waals surface area (Å²) in [6.45, 7) is 10.9. The molecule has 1 atom stereocenters. The molecule has 0 unspecified atom stereocenters. The van der Waals surface area contributed by atoms with E-state index in [4.69, 9.17) is 0 Å². The van der Waals surface area contributed by atoms with E-state index >= 15 is 0 Å². The fourth-order valence-corrected chi connectivity index (χ4v) is 2.24. The molecule has 0 saturated carbocycles. The number of piperazine rings is 1. The quantitative estimate of drug-likeness (QED) is 0.927. The average molecular weight is 295 g/mol. The normalized spacial score (nSPS) is 20.3. The Hall–Kier alpha value is -0.290. The van der Waals surface area contributed by atoms with Crippen LogP contribution in [0.25, 0.3) is 0 Å². The predicted molar refractivity (Wildman–Crippen MR) is 79.8 cm³/mol. The third-order valence-corrected chi connectivity index (χ3v) is 3.29. The highest BCUT2D eigenvalue weighted by molar-refractivity contribution is 5.85. The van der Waals surface area contributed by atoms with Crippen LogP contribution in [0, 0.1) is 0 Å². The van der Waals surface area contributed by atoms with Crippen LogP contribution in [0.5, 0.6) is 0 Å². The van der Waals surface area contributed by atoms with Crippen LogP contribution in [-0.4, -0.2) is 40.1 Å². The number of imidazole rings is 1. The molecule has 1 aliphatic heterocycles. The molecule has 2 heterocycles. The number of nitrogens with one attached hydrogen (secondary N) is 1. The van der Waals surface area contributed by atoms with Gasteiger partial charge in [0.2, 0.25) is 0 Å². The second-order valence-electron chi connectivity index (χ2n) is 4.87. The van der Waals surface area contributed by atoms with E-state index in [1.54, 1.807) is 0 Å². The largest absolute Gasteiger partial charge is 0.331 e. The molecule has 0 bridgehead atoms. The predicted octanol–water partition coefficient (Wildman–Crippen LogP) is 2.10. The Morgan fingerprint density at radius 1 is 1.44 bits per heavy atom. The molecule has 4 nitrogen and oxygen atoms in total. The number of nitrogens with zero attached hydrogens (tertiary/aromatic N) is 3. The SMILES string of the molecule is CC(C)n1ccnc1CN1CCNC[C@@H]1C.Cl.Cl. The van der Waals surface area contributed by atoms with Gasteiger partial charge in [-0.15, -0.1) is 24.8 Å². The van der Waals surface area contributed by atoms with Crippen molar-refractivity contribution in [1.29, 1.82) is 0 Å². The van der Waals surface area contributed by atoms with E-state index in [9.17, 15) is 0 Å². The molecule has 0 amide bonds. The Kier molecular flexibility index (Phi) is 7.87. The number of aromatic nitrogens is 2. The van der Waals surface area contributed by atoms with Crippen LogP contribution in [0.15, 0.2) is 12.4 Å². The highest BCUT2D eigenvalue weighted by atomic mass is 35.5. The second kappa shape index (κ2) is 8.00. The van der Waals surface area contributed by atoms with Crippen molar-refractivity contribution in [3.8, 4) is 0 Å². The molecule has 2 rings (SSSR count). The molecule has 0 aromatic carbocycles. The molecule has 1 N–H and O–H groups in total. The van der Waals surface area contributed by atoms with Crippen LogP contribution in [0.2, 0.25) is 0 Å². The number of halogens is 2. The number of hydrogen-bond donors (Lipinski definition) is 1. The first-order valence-electron chi connectivity index (χ1n) is 6.15. The number of hydrogen-bond acceptors (Lipinski definition) is 3. The van der Waals surface area contributed by atoms with Gasteiger partial charge in [-0.3, -0.25) is 4.90 Å². The molecule has 1 aromatic heterocycles. The maximum Gasteiger partial charge on any atom is 0.123 e. The van der Waals surface area contributed by atoms with E-state index in [0.29, 0.717) is 12.1 Å². The summed E-state index contributed by atoms with van der Waals surface area (Å²) in [7, 11) is 0. The van der Waals surface area contributed by atoms with Crippen molar-refractivity contribution in [2.24, 2.45) is 0 Å². The molecule has 18 heavy (non-hydrogen) atoms. The minimum atomic E-state index is 0. The zero-order valence-electron chi connectivity index (χ0n) is 11.3. The summed E-state index contributed by atoms with van der Waals surface area (Å²) in [4.78, 5) is 6.96. The van der Waals surface area contributed by atoms with Crippen LogP contribution < -0.4 is 5.32 Å². The van der Waals surface area contributed by atoms with Crippen LogP contribution in [0.1, 0.15) is 32.6 Å². The van der Waals surface area contributed by atoms with Gasteiger partial charge in [0.25, 0.3) is 0 Å². The van der Waals surface area contributed by atoms with Gasteiger partial charge in [0.05, 0.1) is 6.54 Å². The van der Waals surface area contributed by atoms with Crippen molar-refractivity contribution in [2.75, 3.05) is 19.6 Å². The fourth-order valence-electron chi connectivity index (χ4n) is 2.24. The Morgan fingerprint density at radius 3 is 2.78 bits per heavy atom. The van der Waals surface area contributed by atoms with E-state index < -0.39 is 0 Å². The van der Waals surface area contributed by atoms with Gasteiger partial charge in [-0.05, 0) is 20.8 Å². The second-order valence-corrected chi connectivity index (χ2v) is 4.87. The van der Waals surface area contributed by atoms with Gasteiger partial charge < -0.3 is 9.88 Å². The monoisotopic (exact) mass is 294 g/mol. The molecule has 106 valence electrons. The first kappa shape index (κ1) is 17.7. The molecule has 1 fully saturated rings. The van der Waals surface area contributed by atoms with Crippen LogP contribution in [0.4, 0.5) is 0 Å². The maximum atomic E-state index is 4.47. The first-order valence-corrected chi connectivity index (χ1v) is 6.15. The lowest BCUT2D eigenvalue weighted by molar-refractivity contribution is 0.159. The first-order chi connectivity index (χ1) is 7.68. The van der Waals surface area contributed by atoms with Crippen LogP contribution in [0.3, 0.4) is 0 Å². The molecule has 1 aliphatic rings. The van der Waals surface area contributed by atoms with Crippen molar-refractivity contribution < 1.29 is 0 Å². The topological polar surface area (TPSA) is 33.1 Å². The van der Waals surface area contributed by atoms with E-state index in [1.165, 1.54) is 5.82 Å². The summed E-state index contributed by atoms with van der Waals surface area (Å²) in [6, 6.07) is 1.10. The average Bonchev–Trinajstić information content (AvgIpc) is 2.69. The highest BCUT2D eigenvalue weighted by Gasteiger charge is 2.19. The lowest BCUT2D eigenvalue weighted by Crippen LogP contribution is -2.49. The molecule has 0 radical (unpaired) electrons. The van der Waals surface area contributed by atoms with Gasteiger partial charge >= 0.3 is 0 Å². The van der Waals surface area contributed by atoms with E-state index in [1.807, 2.05) is 6.20 Å². The van der Waals surface area contributed by atoms with Gasteiger partial charge in [-0.2, -0.15) is 0 Å². The molecular weight excluding hydrogens is 271 g/mol. The van der Waals surface area contributed by atoms with Gasteiger partial charge in [-0.25, -0.2) is 4.98 Å². The van der Waals surface area contributed by atoms with Crippen molar-refractivity contribution in [3.05, 3.63) is 18.2 Å². The van der Waals surface area contributed by atoms with Crippen LogP contribution >= 0.6 is 24.8 Å². The molecular formula is C12H24Cl2N4. The maximum absolute atomic E-state index is 4.47. The minimum Gasteiger partial charge on any atom is -0.331 e. The zero-order valence-corrected chi connectivity index (χ0v) is 12.9. The summed E-state index contributed by atoms with van der Waals surface area (Å²) in [6.07, 6.45) is 3.98. The summed E-state index contributed by atoms with van der Waals surface area (Å²) in [5, 5.41) is 3.41. The highest BCUT2D eigenvalue weighted by Crippen LogP contribution is 2.12. The molecule has 1 saturated heterocycles. The Labute approximate surface area is 122 Å². The lowest BCUT2D eigenvalue weighted by atomic mass is 10.2. The van der Waals surface area contributed by atoms with Gasteiger partial charge in [0.1, 0.15) is 5.82 Å². The minimum absolute atomic E-state index is 0. The number of rotatable bonds is 3. The molecule has 1 aromatic rings. The Bertz CT molecular complexity index is 341. The smallest absolute Gasteiger partial charge is 0.123 e. The standard InChI is InChI=1S/C12H22N4.2ClH/c1-10(2)16-7-5-14-12(16)9-15-6-4-13-8-11(15)3;;/h5,7,10-11,13H,4,6,8-9H2,1-3H3;2*1H/t11-;;/m0../s1. The molecule has 0 aliphatic carbocycles. The summed E-state index contributed by atoms with van der Waals surface area (Å²) >= 11 is 0. The van der Waals surface area contributed by atoms with Gasteiger partial charge in [0, 0.05) is 44.1 Å². The molecule has 0 spiro atoms. The van der Waals surface area contributed by atoms with E-state index in [-0.39, 0.29) is 24.8 Å². The summed E-state index contributed by atoms with van der Waals surface area (Å²) < 4.78 is 2.26. The van der Waals surface area contributed by atoms with E-state index in [0.717, 1.165) is 26.2 Å². The summed E-state index contributed by atoms with van der Waals surface area (Å²) in [5.41, 5.74) is 0. The van der Waals surface area contributed by atoms with Crippen molar-refractivity contribution >= 4 is 24.8 Å².